The molecule has 0 aliphatic heterocycles. The van der Waals surface area contributed by atoms with Crippen molar-refractivity contribution >= 4 is 21.6 Å². The molecule has 0 radical (unpaired) electrons. The summed E-state index contributed by atoms with van der Waals surface area (Å²) in [4.78, 5) is 13.0. The summed E-state index contributed by atoms with van der Waals surface area (Å²) in [6.07, 6.45) is -0.00114. The van der Waals surface area contributed by atoms with Gasteiger partial charge in [-0.05, 0) is 62.7 Å². The molecule has 180 valence electrons. The van der Waals surface area contributed by atoms with Gasteiger partial charge in [-0.15, -0.1) is 0 Å². The third kappa shape index (κ3) is 6.29. The fraction of sp³-hybridized carbons (Fsp3) is 0.269. The van der Waals surface area contributed by atoms with Gasteiger partial charge in [0.1, 0.15) is 6.54 Å². The fourth-order valence-corrected chi connectivity index (χ4v) is 4.75. The Hall–Kier alpha value is -3.52. The van der Waals surface area contributed by atoms with E-state index in [-0.39, 0.29) is 24.1 Å². The highest BCUT2D eigenvalue weighted by Crippen LogP contribution is 2.29. The molecule has 0 aliphatic rings. The number of carbonyl (C=O) groups excluding carboxylic acids is 1. The second-order valence-electron chi connectivity index (χ2n) is 8.09. The highest BCUT2D eigenvalue weighted by atomic mass is 32.2. The number of nitrogens with one attached hydrogen (secondary N) is 1. The van der Waals surface area contributed by atoms with Crippen LogP contribution < -0.4 is 19.1 Å². The van der Waals surface area contributed by atoms with Gasteiger partial charge in [-0.3, -0.25) is 9.10 Å². The molecule has 0 bridgehead atoms. The van der Waals surface area contributed by atoms with Gasteiger partial charge >= 0.3 is 0 Å². The summed E-state index contributed by atoms with van der Waals surface area (Å²) in [5.74, 6) is 0.752. The highest BCUT2D eigenvalue weighted by molar-refractivity contribution is 7.92. The summed E-state index contributed by atoms with van der Waals surface area (Å²) >= 11 is 0. The lowest BCUT2D eigenvalue weighted by atomic mass is 10.2. The lowest BCUT2D eigenvalue weighted by Gasteiger charge is -2.24. The molecular weight excluding hydrogens is 452 g/mol. The molecule has 3 aromatic carbocycles. The Morgan fingerprint density at radius 2 is 1.65 bits per heavy atom. The second-order valence-corrected chi connectivity index (χ2v) is 9.95. The Kier molecular flexibility index (Phi) is 8.17. The lowest BCUT2D eigenvalue weighted by molar-refractivity contribution is -0.119. The number of hydrogen-bond acceptors (Lipinski definition) is 5. The minimum Gasteiger partial charge on any atom is -0.493 e. The smallest absolute Gasteiger partial charge is 0.264 e. The molecule has 0 aliphatic carbocycles. The summed E-state index contributed by atoms with van der Waals surface area (Å²) in [5, 5.41) is 2.80. The van der Waals surface area contributed by atoms with Crippen molar-refractivity contribution in [2.45, 2.75) is 38.3 Å². The molecule has 3 rings (SSSR count). The molecule has 0 aromatic heterocycles. The summed E-state index contributed by atoms with van der Waals surface area (Å²) in [6.45, 7) is 5.63. The molecule has 0 unspecified atom stereocenters. The van der Waals surface area contributed by atoms with Crippen LogP contribution in [0, 0.1) is 6.92 Å². The summed E-state index contributed by atoms with van der Waals surface area (Å²) in [7, 11) is -2.38. The van der Waals surface area contributed by atoms with Crippen molar-refractivity contribution in [2.75, 3.05) is 18.0 Å². The van der Waals surface area contributed by atoms with Crippen LogP contribution in [0.2, 0.25) is 0 Å². The molecule has 0 saturated carbocycles. The SMILES string of the molecule is COc1cc(CNC(=O)CN(c2ccc(C)cc2)S(=O)(=O)c2ccccc2)ccc1OC(C)C. The van der Waals surface area contributed by atoms with Crippen LogP contribution in [0.4, 0.5) is 5.69 Å². The maximum atomic E-state index is 13.4. The van der Waals surface area contributed by atoms with Gasteiger partial charge in [0.15, 0.2) is 11.5 Å². The van der Waals surface area contributed by atoms with Gasteiger partial charge in [0.25, 0.3) is 10.0 Å². The standard InChI is InChI=1S/C26H30N2O5S/c1-19(2)33-24-15-12-21(16-25(24)32-4)17-27-26(29)18-28(22-13-10-20(3)11-14-22)34(30,31)23-8-6-5-7-9-23/h5-16,19H,17-18H2,1-4H3,(H,27,29). The lowest BCUT2D eigenvalue weighted by Crippen LogP contribution is -2.40. The first-order chi connectivity index (χ1) is 16.2. The molecule has 0 spiro atoms. The number of sulfonamides is 1. The number of amides is 1. The summed E-state index contributed by atoms with van der Waals surface area (Å²) in [5.41, 5.74) is 2.21. The molecule has 0 heterocycles. The van der Waals surface area contributed by atoms with Crippen molar-refractivity contribution in [1.82, 2.24) is 5.32 Å². The monoisotopic (exact) mass is 482 g/mol. The van der Waals surface area contributed by atoms with Crippen LogP contribution in [-0.4, -0.2) is 34.1 Å². The Morgan fingerprint density at radius 3 is 2.26 bits per heavy atom. The van der Waals surface area contributed by atoms with Crippen LogP contribution in [0.25, 0.3) is 0 Å². The van der Waals surface area contributed by atoms with E-state index in [1.807, 2.05) is 39.0 Å². The minimum absolute atomic E-state index is 0.00114. The first-order valence-electron chi connectivity index (χ1n) is 11.0. The van der Waals surface area contributed by atoms with Crippen molar-refractivity contribution in [3.63, 3.8) is 0 Å². The zero-order valence-electron chi connectivity index (χ0n) is 19.8. The normalized spacial score (nSPS) is 11.2. The van der Waals surface area contributed by atoms with Crippen LogP contribution in [0.5, 0.6) is 11.5 Å². The molecule has 34 heavy (non-hydrogen) atoms. The van der Waals surface area contributed by atoms with Gasteiger partial charge in [-0.2, -0.15) is 0 Å². The van der Waals surface area contributed by atoms with Crippen molar-refractivity contribution in [3.8, 4) is 11.5 Å². The molecule has 3 aromatic rings. The van der Waals surface area contributed by atoms with Crippen molar-refractivity contribution in [1.29, 1.82) is 0 Å². The zero-order chi connectivity index (χ0) is 24.7. The number of carbonyl (C=O) groups is 1. The second kappa shape index (κ2) is 11.1. The van der Waals surface area contributed by atoms with Crippen molar-refractivity contribution < 1.29 is 22.7 Å². The average molecular weight is 483 g/mol. The summed E-state index contributed by atoms with van der Waals surface area (Å²) < 4.78 is 38.9. The van der Waals surface area contributed by atoms with E-state index in [2.05, 4.69) is 5.32 Å². The van der Waals surface area contributed by atoms with Crippen LogP contribution in [-0.2, 0) is 21.4 Å². The number of ether oxygens (including phenoxy) is 2. The highest BCUT2D eigenvalue weighted by Gasteiger charge is 2.27. The van der Waals surface area contributed by atoms with Crippen LogP contribution in [0.15, 0.2) is 77.7 Å². The van der Waals surface area contributed by atoms with E-state index in [4.69, 9.17) is 9.47 Å². The number of rotatable bonds is 10. The first kappa shape index (κ1) is 25.1. The van der Waals surface area contributed by atoms with E-state index in [0.29, 0.717) is 17.2 Å². The fourth-order valence-electron chi connectivity index (χ4n) is 3.31. The van der Waals surface area contributed by atoms with Crippen LogP contribution >= 0.6 is 0 Å². The maximum Gasteiger partial charge on any atom is 0.264 e. The predicted octanol–water partition coefficient (Wildman–Crippen LogP) is 4.30. The van der Waals surface area contributed by atoms with Gasteiger partial charge < -0.3 is 14.8 Å². The first-order valence-corrected chi connectivity index (χ1v) is 12.4. The minimum atomic E-state index is -3.94. The predicted molar refractivity (Wildman–Crippen MR) is 133 cm³/mol. The molecule has 0 fully saturated rings. The quantitative estimate of drug-likeness (QED) is 0.466. The molecule has 0 saturated heterocycles. The third-order valence-corrected chi connectivity index (χ3v) is 6.81. The van der Waals surface area contributed by atoms with Gasteiger partial charge in [-0.25, -0.2) is 8.42 Å². The molecule has 7 nitrogen and oxygen atoms in total. The van der Waals surface area contributed by atoms with Crippen LogP contribution in [0.3, 0.4) is 0 Å². The van der Waals surface area contributed by atoms with E-state index in [9.17, 15) is 13.2 Å². The topological polar surface area (TPSA) is 84.9 Å². The van der Waals surface area contributed by atoms with E-state index in [1.165, 1.54) is 12.1 Å². The molecule has 8 heteroatoms. The molecule has 1 amide bonds. The Balaban J connectivity index is 1.78. The van der Waals surface area contributed by atoms with Gasteiger partial charge in [0.05, 0.1) is 23.8 Å². The van der Waals surface area contributed by atoms with Gasteiger partial charge in [0.2, 0.25) is 5.91 Å². The van der Waals surface area contributed by atoms with Crippen molar-refractivity contribution in [2.24, 2.45) is 0 Å². The van der Waals surface area contributed by atoms with E-state index >= 15 is 0 Å². The number of hydrogen-bond donors (Lipinski definition) is 1. The average Bonchev–Trinajstić information content (AvgIpc) is 2.82. The van der Waals surface area contributed by atoms with E-state index in [1.54, 1.807) is 49.6 Å². The molecule has 1 N–H and O–H groups in total. The van der Waals surface area contributed by atoms with Gasteiger partial charge in [0, 0.05) is 6.54 Å². The number of nitrogens with zero attached hydrogens (tertiary/aromatic N) is 1. The van der Waals surface area contributed by atoms with Gasteiger partial charge in [-0.1, -0.05) is 42.0 Å². The number of anilines is 1. The molecule has 0 atom stereocenters. The van der Waals surface area contributed by atoms with Crippen molar-refractivity contribution in [3.05, 3.63) is 83.9 Å². The number of benzene rings is 3. The van der Waals surface area contributed by atoms with E-state index < -0.39 is 15.9 Å². The number of aryl methyl sites for hydroxylation is 1. The van der Waals surface area contributed by atoms with Crippen LogP contribution in [0.1, 0.15) is 25.0 Å². The Bertz CT molecular complexity index is 1210. The zero-order valence-corrected chi connectivity index (χ0v) is 20.6. The third-order valence-electron chi connectivity index (χ3n) is 5.02. The Morgan fingerprint density at radius 1 is 0.971 bits per heavy atom. The molecular formula is C26H30N2O5S. The maximum absolute atomic E-state index is 13.4. The van der Waals surface area contributed by atoms with E-state index in [0.717, 1.165) is 15.4 Å². The number of methoxy groups -OCH3 is 1. The Labute approximate surface area is 201 Å². The largest absolute Gasteiger partial charge is 0.493 e. The summed E-state index contributed by atoms with van der Waals surface area (Å²) in [6, 6.07) is 20.5.